The Morgan fingerprint density at radius 2 is 2.06 bits per heavy atom. The summed E-state index contributed by atoms with van der Waals surface area (Å²) in [7, 11) is 0. The van der Waals surface area contributed by atoms with Gasteiger partial charge >= 0.3 is 0 Å². The zero-order valence-electron chi connectivity index (χ0n) is 10.6. The van der Waals surface area contributed by atoms with Crippen molar-refractivity contribution in [3.05, 3.63) is 0 Å². The van der Waals surface area contributed by atoms with E-state index in [-0.39, 0.29) is 5.54 Å². The Labute approximate surface area is 98.6 Å². The van der Waals surface area contributed by atoms with Gasteiger partial charge in [-0.25, -0.2) is 0 Å². The van der Waals surface area contributed by atoms with Crippen LogP contribution in [0.3, 0.4) is 0 Å². The summed E-state index contributed by atoms with van der Waals surface area (Å²) < 4.78 is 0. The van der Waals surface area contributed by atoms with Crippen LogP contribution in [0.4, 0.5) is 0 Å². The lowest BCUT2D eigenvalue weighted by atomic mass is 10.2. The van der Waals surface area contributed by atoms with Crippen molar-refractivity contribution >= 4 is 5.91 Å². The highest BCUT2D eigenvalue weighted by atomic mass is 16.2. The van der Waals surface area contributed by atoms with Crippen LogP contribution in [0.5, 0.6) is 0 Å². The van der Waals surface area contributed by atoms with Gasteiger partial charge in [-0.05, 0) is 25.7 Å². The highest BCUT2D eigenvalue weighted by molar-refractivity contribution is 5.91. The van der Waals surface area contributed by atoms with Crippen molar-refractivity contribution < 1.29 is 4.79 Å². The molecule has 1 aliphatic carbocycles. The zero-order chi connectivity index (χ0) is 11.6. The monoisotopic (exact) mass is 224 g/mol. The van der Waals surface area contributed by atoms with Gasteiger partial charge in [-0.1, -0.05) is 33.1 Å². The van der Waals surface area contributed by atoms with Crippen LogP contribution in [-0.2, 0) is 4.79 Å². The molecule has 1 atom stereocenters. The average Bonchev–Trinajstić information content (AvgIpc) is 3.01. The summed E-state index contributed by atoms with van der Waals surface area (Å²) in [6.07, 6.45) is 8.39. The van der Waals surface area contributed by atoms with E-state index in [1.165, 1.54) is 19.3 Å². The molecule has 0 bridgehead atoms. The van der Waals surface area contributed by atoms with E-state index in [0.717, 1.165) is 32.2 Å². The summed E-state index contributed by atoms with van der Waals surface area (Å²) in [4.78, 5) is 14.3. The molecule has 0 radical (unpaired) electrons. The van der Waals surface area contributed by atoms with Gasteiger partial charge in [0.25, 0.3) is 0 Å². The molecule has 0 aromatic carbocycles. The van der Waals surface area contributed by atoms with Crippen LogP contribution in [-0.4, -0.2) is 29.1 Å². The van der Waals surface area contributed by atoms with E-state index < -0.39 is 0 Å². The molecule has 1 aliphatic heterocycles. The fourth-order valence-electron chi connectivity index (χ4n) is 2.65. The standard InChI is InChI=1S/C13H24N2O/c1-3-5-6-7-10-15-11(4-2)14-13(8-9-13)12(15)16/h11,14H,3-10H2,1-2H3. The Bertz CT molecular complexity index is 261. The largest absolute Gasteiger partial charge is 0.326 e. The van der Waals surface area contributed by atoms with Gasteiger partial charge in [-0.3, -0.25) is 10.1 Å². The van der Waals surface area contributed by atoms with E-state index in [2.05, 4.69) is 24.1 Å². The quantitative estimate of drug-likeness (QED) is 0.702. The minimum atomic E-state index is -0.120. The number of hydrogen-bond donors (Lipinski definition) is 1. The van der Waals surface area contributed by atoms with Crippen molar-refractivity contribution in [3.63, 3.8) is 0 Å². The van der Waals surface area contributed by atoms with Gasteiger partial charge in [0, 0.05) is 6.54 Å². The molecule has 2 fully saturated rings. The molecule has 2 rings (SSSR count). The van der Waals surface area contributed by atoms with Crippen molar-refractivity contribution in [1.29, 1.82) is 0 Å². The molecule has 1 unspecified atom stereocenters. The third kappa shape index (κ3) is 2.10. The molecule has 0 aromatic heterocycles. The van der Waals surface area contributed by atoms with E-state index in [9.17, 15) is 4.79 Å². The molecule has 1 N–H and O–H groups in total. The first kappa shape index (κ1) is 11.9. The summed E-state index contributed by atoms with van der Waals surface area (Å²) >= 11 is 0. The number of nitrogens with one attached hydrogen (secondary N) is 1. The molecule has 3 nitrogen and oxygen atoms in total. The number of nitrogens with zero attached hydrogens (tertiary/aromatic N) is 1. The Hall–Kier alpha value is -0.570. The van der Waals surface area contributed by atoms with Crippen LogP contribution in [0.15, 0.2) is 0 Å². The Morgan fingerprint density at radius 3 is 2.62 bits per heavy atom. The van der Waals surface area contributed by atoms with Crippen LogP contribution in [0.2, 0.25) is 0 Å². The molecule has 1 saturated carbocycles. The lowest BCUT2D eigenvalue weighted by molar-refractivity contribution is -0.130. The fourth-order valence-corrected chi connectivity index (χ4v) is 2.65. The van der Waals surface area contributed by atoms with Crippen LogP contribution in [0.1, 0.15) is 58.8 Å². The lowest BCUT2D eigenvalue weighted by Gasteiger charge is -2.22. The predicted molar refractivity (Wildman–Crippen MR) is 65.0 cm³/mol. The molecule has 1 amide bonds. The topological polar surface area (TPSA) is 32.3 Å². The fraction of sp³-hybridized carbons (Fsp3) is 0.923. The second-order valence-corrected chi connectivity index (χ2v) is 5.21. The smallest absolute Gasteiger partial charge is 0.244 e. The molecular formula is C13H24N2O. The van der Waals surface area contributed by atoms with E-state index in [0.29, 0.717) is 12.1 Å². The number of unbranched alkanes of at least 4 members (excludes halogenated alkanes) is 3. The van der Waals surface area contributed by atoms with Crippen molar-refractivity contribution in [2.45, 2.75) is 70.5 Å². The van der Waals surface area contributed by atoms with E-state index in [4.69, 9.17) is 0 Å². The summed E-state index contributed by atoms with van der Waals surface area (Å²) in [6, 6.07) is 0. The number of amides is 1. The van der Waals surface area contributed by atoms with Gasteiger partial charge in [0.15, 0.2) is 0 Å². The van der Waals surface area contributed by atoms with Crippen molar-refractivity contribution in [2.24, 2.45) is 0 Å². The van der Waals surface area contributed by atoms with E-state index in [1.807, 2.05) is 0 Å². The number of carbonyl (C=O) groups is 1. The van der Waals surface area contributed by atoms with Crippen LogP contribution in [0.25, 0.3) is 0 Å². The second kappa shape index (κ2) is 4.74. The Morgan fingerprint density at radius 1 is 1.31 bits per heavy atom. The van der Waals surface area contributed by atoms with Gasteiger partial charge in [0.1, 0.15) is 0 Å². The normalized spacial score (nSPS) is 26.8. The minimum absolute atomic E-state index is 0.120. The molecule has 0 aromatic rings. The van der Waals surface area contributed by atoms with E-state index in [1.54, 1.807) is 0 Å². The molecule has 16 heavy (non-hydrogen) atoms. The summed E-state index contributed by atoms with van der Waals surface area (Å²) in [5.41, 5.74) is -0.120. The lowest BCUT2D eigenvalue weighted by Crippen LogP contribution is -2.37. The number of carbonyl (C=O) groups excluding carboxylic acids is 1. The predicted octanol–water partition coefficient (Wildman–Crippen LogP) is 2.27. The molecule has 1 saturated heterocycles. The van der Waals surface area contributed by atoms with Gasteiger partial charge in [0.05, 0.1) is 11.7 Å². The minimum Gasteiger partial charge on any atom is -0.326 e. The maximum atomic E-state index is 12.2. The summed E-state index contributed by atoms with van der Waals surface area (Å²) in [5.74, 6) is 0.371. The van der Waals surface area contributed by atoms with Gasteiger partial charge < -0.3 is 4.90 Å². The van der Waals surface area contributed by atoms with Crippen LogP contribution < -0.4 is 5.32 Å². The van der Waals surface area contributed by atoms with Crippen LogP contribution in [0, 0.1) is 0 Å². The van der Waals surface area contributed by atoms with E-state index >= 15 is 0 Å². The van der Waals surface area contributed by atoms with Gasteiger partial charge in [-0.2, -0.15) is 0 Å². The number of rotatable bonds is 6. The highest BCUT2D eigenvalue weighted by Gasteiger charge is 2.58. The molecule has 1 heterocycles. The molecule has 3 heteroatoms. The van der Waals surface area contributed by atoms with Gasteiger partial charge in [0.2, 0.25) is 5.91 Å². The molecule has 92 valence electrons. The highest BCUT2D eigenvalue weighted by Crippen LogP contribution is 2.42. The molecule has 2 aliphatic rings. The Kier molecular flexibility index (Phi) is 3.53. The first-order valence-electron chi connectivity index (χ1n) is 6.82. The third-order valence-electron chi connectivity index (χ3n) is 3.88. The molecular weight excluding hydrogens is 200 g/mol. The first-order valence-corrected chi connectivity index (χ1v) is 6.82. The first-order chi connectivity index (χ1) is 7.73. The van der Waals surface area contributed by atoms with Crippen LogP contribution >= 0.6 is 0 Å². The number of hydrogen-bond acceptors (Lipinski definition) is 2. The summed E-state index contributed by atoms with van der Waals surface area (Å²) in [6.45, 7) is 5.33. The summed E-state index contributed by atoms with van der Waals surface area (Å²) in [5, 5.41) is 3.51. The van der Waals surface area contributed by atoms with Crippen molar-refractivity contribution in [3.8, 4) is 0 Å². The SMILES string of the molecule is CCCCCCN1C(=O)C2(CC2)NC1CC. The Balaban J connectivity index is 1.84. The van der Waals surface area contributed by atoms with Crippen molar-refractivity contribution in [2.75, 3.05) is 6.54 Å². The zero-order valence-corrected chi connectivity index (χ0v) is 10.6. The maximum absolute atomic E-state index is 12.2. The maximum Gasteiger partial charge on any atom is 0.244 e. The van der Waals surface area contributed by atoms with Gasteiger partial charge in [-0.15, -0.1) is 0 Å². The molecule has 1 spiro atoms. The third-order valence-corrected chi connectivity index (χ3v) is 3.88. The van der Waals surface area contributed by atoms with Crippen molar-refractivity contribution in [1.82, 2.24) is 10.2 Å². The second-order valence-electron chi connectivity index (χ2n) is 5.21. The average molecular weight is 224 g/mol.